The maximum Gasteiger partial charge on any atom is 0.0943 e. The van der Waals surface area contributed by atoms with Crippen molar-refractivity contribution in [3.63, 3.8) is 0 Å². The minimum absolute atomic E-state index is 0.149. The molecule has 2 rings (SSSR count). The predicted octanol–water partition coefficient (Wildman–Crippen LogP) is 2.99. The van der Waals surface area contributed by atoms with Crippen LogP contribution >= 0.6 is 0 Å². The third kappa shape index (κ3) is 2.53. The second kappa shape index (κ2) is 5.19. The summed E-state index contributed by atoms with van der Waals surface area (Å²) >= 11 is 0. The van der Waals surface area contributed by atoms with Gasteiger partial charge in [0.05, 0.1) is 5.60 Å². The third-order valence-electron chi connectivity index (χ3n) is 3.92. The molecule has 0 spiro atoms. The fraction of sp³-hybridized carbons (Fsp3) is 0.600. The van der Waals surface area contributed by atoms with E-state index in [0.29, 0.717) is 0 Å². The summed E-state index contributed by atoms with van der Waals surface area (Å²) in [5.41, 5.74) is 8.61. The number of rotatable bonds is 3. The van der Waals surface area contributed by atoms with Crippen molar-refractivity contribution in [1.82, 2.24) is 0 Å². The zero-order chi connectivity index (χ0) is 12.3. The second-order valence-corrected chi connectivity index (χ2v) is 5.00. The standard InChI is InChI=1S/C15H23NO/c1-3-12-5-7-13(8-6-12)15(4-2)11-14(16)9-10-17-15/h5-8,14H,3-4,9-11,16H2,1-2H3. The molecule has 0 aromatic heterocycles. The maximum atomic E-state index is 6.10. The molecule has 2 nitrogen and oxygen atoms in total. The number of nitrogens with two attached hydrogens (primary N) is 1. The van der Waals surface area contributed by atoms with E-state index in [2.05, 4.69) is 38.1 Å². The zero-order valence-corrected chi connectivity index (χ0v) is 10.9. The molecule has 1 aliphatic heterocycles. The highest BCUT2D eigenvalue weighted by atomic mass is 16.5. The highest BCUT2D eigenvalue weighted by molar-refractivity contribution is 5.28. The van der Waals surface area contributed by atoms with Crippen molar-refractivity contribution in [1.29, 1.82) is 0 Å². The van der Waals surface area contributed by atoms with Crippen molar-refractivity contribution in [3.8, 4) is 0 Å². The molecule has 1 aromatic carbocycles. The molecule has 0 aliphatic carbocycles. The first kappa shape index (κ1) is 12.6. The van der Waals surface area contributed by atoms with Crippen molar-refractivity contribution >= 4 is 0 Å². The summed E-state index contributed by atoms with van der Waals surface area (Å²) in [6.45, 7) is 5.15. The van der Waals surface area contributed by atoms with Crippen LogP contribution in [0.3, 0.4) is 0 Å². The number of benzene rings is 1. The molecule has 2 heteroatoms. The predicted molar refractivity (Wildman–Crippen MR) is 71.0 cm³/mol. The Bertz CT molecular complexity index is 360. The van der Waals surface area contributed by atoms with Crippen molar-refractivity contribution in [2.24, 2.45) is 5.73 Å². The molecule has 0 bridgehead atoms. The molecule has 17 heavy (non-hydrogen) atoms. The molecule has 1 aliphatic rings. The summed E-state index contributed by atoms with van der Waals surface area (Å²) in [5.74, 6) is 0. The average Bonchev–Trinajstić information content (AvgIpc) is 2.38. The first-order chi connectivity index (χ1) is 8.20. The quantitative estimate of drug-likeness (QED) is 0.871. The molecular formula is C15H23NO. The van der Waals surface area contributed by atoms with Crippen LogP contribution in [0.1, 0.15) is 44.2 Å². The Morgan fingerprint density at radius 2 is 2.00 bits per heavy atom. The first-order valence-corrected chi connectivity index (χ1v) is 6.69. The maximum absolute atomic E-state index is 6.10. The average molecular weight is 233 g/mol. The molecule has 0 amide bonds. The lowest BCUT2D eigenvalue weighted by Crippen LogP contribution is -2.42. The lowest BCUT2D eigenvalue weighted by molar-refractivity contribution is -0.0925. The minimum atomic E-state index is -0.149. The molecule has 2 atom stereocenters. The van der Waals surface area contributed by atoms with Gasteiger partial charge in [0, 0.05) is 12.6 Å². The molecule has 1 aromatic rings. The van der Waals surface area contributed by atoms with Crippen molar-refractivity contribution in [2.75, 3.05) is 6.61 Å². The van der Waals surface area contributed by atoms with Crippen LogP contribution in [0, 0.1) is 0 Å². The lowest BCUT2D eigenvalue weighted by atomic mass is 9.82. The number of aryl methyl sites for hydroxylation is 1. The normalized spacial score (nSPS) is 29.2. The molecule has 0 saturated carbocycles. The van der Waals surface area contributed by atoms with Gasteiger partial charge in [0.2, 0.25) is 0 Å². The van der Waals surface area contributed by atoms with E-state index in [1.165, 1.54) is 11.1 Å². The summed E-state index contributed by atoms with van der Waals surface area (Å²) in [7, 11) is 0. The Balaban J connectivity index is 2.26. The largest absolute Gasteiger partial charge is 0.370 e. The van der Waals surface area contributed by atoms with Gasteiger partial charge in [0.15, 0.2) is 0 Å². The van der Waals surface area contributed by atoms with Gasteiger partial charge in [-0.05, 0) is 36.8 Å². The van der Waals surface area contributed by atoms with Crippen molar-refractivity contribution in [3.05, 3.63) is 35.4 Å². The van der Waals surface area contributed by atoms with Crippen molar-refractivity contribution < 1.29 is 4.74 Å². The number of hydrogen-bond acceptors (Lipinski definition) is 2. The second-order valence-electron chi connectivity index (χ2n) is 5.00. The van der Waals surface area contributed by atoms with E-state index in [1.54, 1.807) is 0 Å². The van der Waals surface area contributed by atoms with Crippen LogP contribution < -0.4 is 5.73 Å². The molecule has 1 heterocycles. The minimum Gasteiger partial charge on any atom is -0.370 e. The van der Waals surface area contributed by atoms with E-state index in [1.807, 2.05) is 0 Å². The summed E-state index contributed by atoms with van der Waals surface area (Å²) in [6.07, 6.45) is 4.00. The van der Waals surface area contributed by atoms with Crippen LogP contribution in [0.2, 0.25) is 0 Å². The Morgan fingerprint density at radius 1 is 1.29 bits per heavy atom. The van der Waals surface area contributed by atoms with E-state index < -0.39 is 0 Å². The molecule has 2 N–H and O–H groups in total. The Labute approximate surface area is 104 Å². The molecule has 0 radical (unpaired) electrons. The van der Waals surface area contributed by atoms with Gasteiger partial charge in [-0.25, -0.2) is 0 Å². The van der Waals surface area contributed by atoms with E-state index in [9.17, 15) is 0 Å². The van der Waals surface area contributed by atoms with E-state index >= 15 is 0 Å². The molecule has 1 saturated heterocycles. The molecular weight excluding hydrogens is 210 g/mol. The SMILES string of the molecule is CCc1ccc(C2(CC)CC(N)CCO2)cc1. The summed E-state index contributed by atoms with van der Waals surface area (Å²) < 4.78 is 6.06. The van der Waals surface area contributed by atoms with Gasteiger partial charge in [0.1, 0.15) is 0 Å². The Morgan fingerprint density at radius 3 is 2.53 bits per heavy atom. The van der Waals surface area contributed by atoms with Gasteiger partial charge in [-0.3, -0.25) is 0 Å². The van der Waals surface area contributed by atoms with Crippen LogP contribution in [-0.4, -0.2) is 12.6 Å². The van der Waals surface area contributed by atoms with Crippen LogP contribution in [-0.2, 0) is 16.8 Å². The molecule has 94 valence electrons. The van der Waals surface area contributed by atoms with E-state index in [-0.39, 0.29) is 11.6 Å². The number of hydrogen-bond donors (Lipinski definition) is 1. The smallest absolute Gasteiger partial charge is 0.0943 e. The zero-order valence-electron chi connectivity index (χ0n) is 10.9. The monoisotopic (exact) mass is 233 g/mol. The van der Waals surface area contributed by atoms with Crippen LogP contribution in [0.15, 0.2) is 24.3 Å². The summed E-state index contributed by atoms with van der Waals surface area (Å²) in [6, 6.07) is 9.10. The van der Waals surface area contributed by atoms with Crippen LogP contribution in [0.25, 0.3) is 0 Å². The van der Waals surface area contributed by atoms with Crippen LogP contribution in [0.4, 0.5) is 0 Å². The topological polar surface area (TPSA) is 35.2 Å². The Kier molecular flexibility index (Phi) is 3.85. The lowest BCUT2D eigenvalue weighted by Gasteiger charge is -2.40. The summed E-state index contributed by atoms with van der Waals surface area (Å²) in [4.78, 5) is 0. The molecule has 1 fully saturated rings. The van der Waals surface area contributed by atoms with Gasteiger partial charge < -0.3 is 10.5 Å². The van der Waals surface area contributed by atoms with Gasteiger partial charge >= 0.3 is 0 Å². The highest BCUT2D eigenvalue weighted by Crippen LogP contribution is 2.37. The van der Waals surface area contributed by atoms with E-state index in [4.69, 9.17) is 10.5 Å². The first-order valence-electron chi connectivity index (χ1n) is 6.69. The fourth-order valence-corrected chi connectivity index (χ4v) is 2.69. The van der Waals surface area contributed by atoms with Gasteiger partial charge in [-0.2, -0.15) is 0 Å². The van der Waals surface area contributed by atoms with E-state index in [0.717, 1.165) is 32.3 Å². The fourth-order valence-electron chi connectivity index (χ4n) is 2.69. The molecule has 2 unspecified atom stereocenters. The van der Waals surface area contributed by atoms with Gasteiger partial charge in [-0.1, -0.05) is 38.1 Å². The third-order valence-corrected chi connectivity index (χ3v) is 3.92. The van der Waals surface area contributed by atoms with Gasteiger partial charge in [0.25, 0.3) is 0 Å². The summed E-state index contributed by atoms with van der Waals surface area (Å²) in [5, 5.41) is 0. The van der Waals surface area contributed by atoms with Gasteiger partial charge in [-0.15, -0.1) is 0 Å². The number of ether oxygens (including phenoxy) is 1. The van der Waals surface area contributed by atoms with Crippen LogP contribution in [0.5, 0.6) is 0 Å². The van der Waals surface area contributed by atoms with Crippen molar-refractivity contribution in [2.45, 2.75) is 51.2 Å². The Hall–Kier alpha value is -0.860. The highest BCUT2D eigenvalue weighted by Gasteiger charge is 2.36.